The lowest BCUT2D eigenvalue weighted by molar-refractivity contribution is 0.338. The first kappa shape index (κ1) is 15.9. The minimum atomic E-state index is 0.641. The van der Waals surface area contributed by atoms with Crippen LogP contribution in [0.2, 0.25) is 5.02 Å². The summed E-state index contributed by atoms with van der Waals surface area (Å²) in [6.07, 6.45) is 1.74. The van der Waals surface area contributed by atoms with E-state index in [1.54, 1.807) is 6.21 Å². The number of hydrogen-bond acceptors (Lipinski definition) is 3. The van der Waals surface area contributed by atoms with E-state index in [9.17, 15) is 0 Å². The van der Waals surface area contributed by atoms with E-state index in [1.165, 1.54) is 0 Å². The first-order valence-corrected chi connectivity index (χ1v) is 7.75. The molecule has 0 aliphatic heterocycles. The number of nitrogens with zero attached hydrogens (tertiary/aromatic N) is 1. The molecule has 0 spiro atoms. The highest BCUT2D eigenvalue weighted by Crippen LogP contribution is 2.25. The van der Waals surface area contributed by atoms with E-state index >= 15 is 0 Å². The molecule has 0 unspecified atom stereocenters. The SMILES string of the molecule is CCOc1ccc(/C=N/Nc2ccc(C)c(Cl)c2)cc1Br. The molecule has 5 heteroatoms. The highest BCUT2D eigenvalue weighted by Gasteiger charge is 2.01. The van der Waals surface area contributed by atoms with E-state index in [4.69, 9.17) is 16.3 Å². The third-order valence-electron chi connectivity index (χ3n) is 2.83. The van der Waals surface area contributed by atoms with E-state index in [0.717, 1.165) is 32.1 Å². The molecule has 0 aliphatic rings. The van der Waals surface area contributed by atoms with Gasteiger partial charge >= 0.3 is 0 Å². The summed E-state index contributed by atoms with van der Waals surface area (Å²) in [5.41, 5.74) is 5.82. The van der Waals surface area contributed by atoms with Crippen molar-refractivity contribution in [1.82, 2.24) is 0 Å². The minimum absolute atomic E-state index is 0.641. The maximum atomic E-state index is 6.07. The van der Waals surface area contributed by atoms with Gasteiger partial charge in [-0.05, 0) is 71.2 Å². The highest BCUT2D eigenvalue weighted by molar-refractivity contribution is 9.10. The minimum Gasteiger partial charge on any atom is -0.493 e. The van der Waals surface area contributed by atoms with E-state index < -0.39 is 0 Å². The Morgan fingerprint density at radius 1 is 1.29 bits per heavy atom. The molecule has 0 saturated carbocycles. The van der Waals surface area contributed by atoms with Gasteiger partial charge < -0.3 is 4.74 Å². The summed E-state index contributed by atoms with van der Waals surface area (Å²) in [6.45, 7) is 4.56. The zero-order valence-electron chi connectivity index (χ0n) is 11.9. The van der Waals surface area contributed by atoms with Crippen molar-refractivity contribution >= 4 is 39.4 Å². The molecule has 110 valence electrons. The lowest BCUT2D eigenvalue weighted by Gasteiger charge is -2.06. The van der Waals surface area contributed by atoms with Crippen LogP contribution in [0.5, 0.6) is 5.75 Å². The number of aryl methyl sites for hydroxylation is 1. The molecule has 0 fully saturated rings. The summed E-state index contributed by atoms with van der Waals surface area (Å²) in [5.74, 6) is 0.827. The summed E-state index contributed by atoms with van der Waals surface area (Å²) in [4.78, 5) is 0. The quantitative estimate of drug-likeness (QED) is 0.578. The Kier molecular flexibility index (Phi) is 5.65. The smallest absolute Gasteiger partial charge is 0.133 e. The van der Waals surface area contributed by atoms with Crippen molar-refractivity contribution in [3.8, 4) is 5.75 Å². The van der Waals surface area contributed by atoms with Crippen LogP contribution in [0.3, 0.4) is 0 Å². The Labute approximate surface area is 138 Å². The molecule has 0 saturated heterocycles. The van der Waals surface area contributed by atoms with Gasteiger partial charge in [0.25, 0.3) is 0 Å². The predicted octanol–water partition coefficient (Wildman–Crippen LogP) is 5.26. The van der Waals surface area contributed by atoms with Crippen molar-refractivity contribution in [1.29, 1.82) is 0 Å². The van der Waals surface area contributed by atoms with Crippen LogP contribution < -0.4 is 10.2 Å². The topological polar surface area (TPSA) is 33.6 Å². The van der Waals surface area contributed by atoms with Crippen LogP contribution >= 0.6 is 27.5 Å². The van der Waals surface area contributed by atoms with Crippen LogP contribution in [0.25, 0.3) is 0 Å². The largest absolute Gasteiger partial charge is 0.493 e. The fourth-order valence-corrected chi connectivity index (χ4v) is 2.41. The van der Waals surface area contributed by atoms with Gasteiger partial charge in [0, 0.05) is 5.02 Å². The van der Waals surface area contributed by atoms with Crippen LogP contribution in [0, 0.1) is 6.92 Å². The Hall–Kier alpha value is -1.52. The van der Waals surface area contributed by atoms with Gasteiger partial charge in [0.1, 0.15) is 5.75 Å². The van der Waals surface area contributed by atoms with E-state index in [-0.39, 0.29) is 0 Å². The zero-order valence-corrected chi connectivity index (χ0v) is 14.2. The fraction of sp³-hybridized carbons (Fsp3) is 0.188. The summed E-state index contributed by atoms with van der Waals surface area (Å²) in [6, 6.07) is 11.6. The van der Waals surface area contributed by atoms with E-state index in [1.807, 2.05) is 50.2 Å². The monoisotopic (exact) mass is 366 g/mol. The Balaban J connectivity index is 2.04. The summed E-state index contributed by atoms with van der Waals surface area (Å²) >= 11 is 9.54. The summed E-state index contributed by atoms with van der Waals surface area (Å²) in [7, 11) is 0. The Bertz CT molecular complexity index is 659. The molecule has 0 radical (unpaired) electrons. The fourth-order valence-electron chi connectivity index (χ4n) is 1.71. The molecule has 0 aromatic heterocycles. The van der Waals surface area contributed by atoms with E-state index in [2.05, 4.69) is 26.5 Å². The molecule has 0 amide bonds. The van der Waals surface area contributed by atoms with Crippen LogP contribution in [0.15, 0.2) is 46.0 Å². The van der Waals surface area contributed by atoms with Gasteiger partial charge in [0.2, 0.25) is 0 Å². The van der Waals surface area contributed by atoms with Crippen molar-refractivity contribution in [3.05, 3.63) is 57.0 Å². The average Bonchev–Trinajstić information content (AvgIpc) is 2.46. The second kappa shape index (κ2) is 7.48. The average molecular weight is 368 g/mol. The number of nitrogens with one attached hydrogen (secondary N) is 1. The molecule has 21 heavy (non-hydrogen) atoms. The van der Waals surface area contributed by atoms with Gasteiger partial charge in [-0.2, -0.15) is 5.10 Å². The molecule has 0 bridgehead atoms. The van der Waals surface area contributed by atoms with Gasteiger partial charge in [-0.3, -0.25) is 5.43 Å². The first-order valence-electron chi connectivity index (χ1n) is 6.57. The zero-order chi connectivity index (χ0) is 15.2. The van der Waals surface area contributed by atoms with Gasteiger partial charge in [-0.15, -0.1) is 0 Å². The Morgan fingerprint density at radius 3 is 2.76 bits per heavy atom. The number of ether oxygens (including phenoxy) is 1. The molecular weight excluding hydrogens is 352 g/mol. The number of hydrogen-bond donors (Lipinski definition) is 1. The van der Waals surface area contributed by atoms with Gasteiger partial charge in [0.05, 0.1) is 23.0 Å². The lowest BCUT2D eigenvalue weighted by Crippen LogP contribution is -1.94. The van der Waals surface area contributed by atoms with Crippen LogP contribution in [0.4, 0.5) is 5.69 Å². The predicted molar refractivity (Wildman–Crippen MR) is 92.7 cm³/mol. The van der Waals surface area contributed by atoms with Crippen molar-refractivity contribution in [3.63, 3.8) is 0 Å². The lowest BCUT2D eigenvalue weighted by atomic mass is 10.2. The maximum Gasteiger partial charge on any atom is 0.133 e. The van der Waals surface area contributed by atoms with E-state index in [0.29, 0.717) is 6.61 Å². The number of benzene rings is 2. The Morgan fingerprint density at radius 2 is 2.10 bits per heavy atom. The molecule has 2 aromatic rings. The molecule has 3 nitrogen and oxygen atoms in total. The standard InChI is InChI=1S/C16H16BrClN2O/c1-3-21-16-7-5-12(8-14(16)17)10-19-20-13-6-4-11(2)15(18)9-13/h4-10,20H,3H2,1-2H3/b19-10+. The maximum absolute atomic E-state index is 6.07. The second-order valence-electron chi connectivity index (χ2n) is 4.46. The van der Waals surface area contributed by atoms with Crippen molar-refractivity contribution in [2.24, 2.45) is 5.10 Å². The third kappa shape index (κ3) is 4.48. The third-order valence-corrected chi connectivity index (χ3v) is 3.86. The van der Waals surface area contributed by atoms with Crippen molar-refractivity contribution < 1.29 is 4.74 Å². The normalized spacial score (nSPS) is 10.9. The summed E-state index contributed by atoms with van der Waals surface area (Å²) in [5, 5.41) is 4.93. The molecule has 0 heterocycles. The van der Waals surface area contributed by atoms with Gasteiger partial charge in [-0.1, -0.05) is 17.7 Å². The highest BCUT2D eigenvalue weighted by atomic mass is 79.9. The number of rotatable bonds is 5. The molecule has 2 rings (SSSR count). The number of hydrazone groups is 1. The van der Waals surface area contributed by atoms with Crippen LogP contribution in [-0.4, -0.2) is 12.8 Å². The molecule has 0 atom stereocenters. The second-order valence-corrected chi connectivity index (χ2v) is 5.72. The van der Waals surface area contributed by atoms with Gasteiger partial charge in [-0.25, -0.2) is 0 Å². The van der Waals surface area contributed by atoms with Gasteiger partial charge in [0.15, 0.2) is 0 Å². The van der Waals surface area contributed by atoms with Crippen LogP contribution in [-0.2, 0) is 0 Å². The first-order chi connectivity index (χ1) is 10.1. The van der Waals surface area contributed by atoms with Crippen molar-refractivity contribution in [2.45, 2.75) is 13.8 Å². The molecule has 0 aliphatic carbocycles. The number of halogens is 2. The summed E-state index contributed by atoms with van der Waals surface area (Å²) < 4.78 is 6.38. The molecular formula is C16H16BrClN2O. The van der Waals surface area contributed by atoms with Crippen LogP contribution in [0.1, 0.15) is 18.1 Å². The molecule has 2 aromatic carbocycles. The molecule has 1 N–H and O–H groups in total. The number of anilines is 1. The van der Waals surface area contributed by atoms with Crippen molar-refractivity contribution in [2.75, 3.05) is 12.0 Å².